The third kappa shape index (κ3) is 5.77. The molecule has 0 spiro atoms. The summed E-state index contributed by atoms with van der Waals surface area (Å²) < 4.78 is 0. The lowest BCUT2D eigenvalue weighted by molar-refractivity contribution is -0.140. The van der Waals surface area contributed by atoms with Crippen molar-refractivity contribution < 1.29 is 9.59 Å². The molecule has 1 aliphatic rings. The van der Waals surface area contributed by atoms with Crippen molar-refractivity contribution in [1.29, 1.82) is 0 Å². The summed E-state index contributed by atoms with van der Waals surface area (Å²) >= 11 is 12.4. The van der Waals surface area contributed by atoms with Crippen molar-refractivity contribution in [3.8, 4) is 0 Å². The van der Waals surface area contributed by atoms with Crippen LogP contribution in [0.3, 0.4) is 0 Å². The van der Waals surface area contributed by atoms with Crippen molar-refractivity contribution in [2.45, 2.75) is 64.6 Å². The van der Waals surface area contributed by atoms with Gasteiger partial charge in [-0.1, -0.05) is 66.4 Å². The molecular formula is C24H28Cl2N2O2. The van der Waals surface area contributed by atoms with Crippen molar-refractivity contribution in [1.82, 2.24) is 10.2 Å². The highest BCUT2D eigenvalue weighted by atomic mass is 35.5. The van der Waals surface area contributed by atoms with Gasteiger partial charge in [0.05, 0.1) is 6.42 Å². The summed E-state index contributed by atoms with van der Waals surface area (Å²) in [6, 6.07) is 12.6. The number of rotatable bonds is 7. The van der Waals surface area contributed by atoms with Crippen molar-refractivity contribution in [2.75, 3.05) is 0 Å². The van der Waals surface area contributed by atoms with Gasteiger partial charge in [-0.3, -0.25) is 9.59 Å². The Balaban J connectivity index is 1.81. The van der Waals surface area contributed by atoms with Gasteiger partial charge >= 0.3 is 0 Å². The maximum absolute atomic E-state index is 13.3. The van der Waals surface area contributed by atoms with Gasteiger partial charge in [0, 0.05) is 22.6 Å². The van der Waals surface area contributed by atoms with Crippen LogP contribution in [0.5, 0.6) is 0 Å². The molecule has 1 N–H and O–H groups in total. The second-order valence-electron chi connectivity index (χ2n) is 8.03. The SMILES string of the molecule is Cc1ccccc1CC(=O)N(Cc1ccc(Cl)cc1Cl)C(C)C(=O)NC1CCCC1. The van der Waals surface area contributed by atoms with Gasteiger partial charge in [0.15, 0.2) is 0 Å². The van der Waals surface area contributed by atoms with E-state index in [0.29, 0.717) is 10.0 Å². The maximum Gasteiger partial charge on any atom is 0.242 e. The largest absolute Gasteiger partial charge is 0.352 e. The highest BCUT2D eigenvalue weighted by Gasteiger charge is 2.29. The number of nitrogens with zero attached hydrogens (tertiary/aromatic N) is 1. The van der Waals surface area contributed by atoms with Gasteiger partial charge in [0.2, 0.25) is 11.8 Å². The zero-order chi connectivity index (χ0) is 21.7. The first-order valence-electron chi connectivity index (χ1n) is 10.4. The molecule has 1 fully saturated rings. The van der Waals surface area contributed by atoms with Crippen LogP contribution in [0.25, 0.3) is 0 Å². The van der Waals surface area contributed by atoms with E-state index in [0.717, 1.165) is 42.4 Å². The van der Waals surface area contributed by atoms with Crippen LogP contribution in [0.15, 0.2) is 42.5 Å². The van der Waals surface area contributed by atoms with Gasteiger partial charge in [-0.15, -0.1) is 0 Å². The van der Waals surface area contributed by atoms with Crippen molar-refractivity contribution >= 4 is 35.0 Å². The van der Waals surface area contributed by atoms with Crippen LogP contribution in [-0.2, 0) is 22.6 Å². The van der Waals surface area contributed by atoms with E-state index in [-0.39, 0.29) is 30.8 Å². The van der Waals surface area contributed by atoms with Gasteiger partial charge in [0.25, 0.3) is 0 Å². The average Bonchev–Trinajstić information content (AvgIpc) is 3.21. The topological polar surface area (TPSA) is 49.4 Å². The molecule has 1 aliphatic carbocycles. The summed E-state index contributed by atoms with van der Waals surface area (Å²) in [5, 5.41) is 4.13. The molecule has 1 saturated carbocycles. The van der Waals surface area contributed by atoms with Crippen LogP contribution >= 0.6 is 23.2 Å². The number of halogens is 2. The molecule has 6 heteroatoms. The molecule has 0 radical (unpaired) electrons. The van der Waals surface area contributed by atoms with E-state index < -0.39 is 6.04 Å². The molecule has 0 bridgehead atoms. The predicted octanol–water partition coefficient (Wildman–Crippen LogP) is 5.32. The molecule has 160 valence electrons. The number of carbonyl (C=O) groups excluding carboxylic acids is 2. The predicted molar refractivity (Wildman–Crippen MR) is 122 cm³/mol. The Labute approximate surface area is 188 Å². The first kappa shape index (κ1) is 22.6. The number of nitrogens with one attached hydrogen (secondary N) is 1. The molecule has 1 atom stereocenters. The first-order valence-corrected chi connectivity index (χ1v) is 11.2. The van der Waals surface area contributed by atoms with Gasteiger partial charge in [-0.25, -0.2) is 0 Å². The van der Waals surface area contributed by atoms with Gasteiger partial charge in [0.1, 0.15) is 6.04 Å². The summed E-state index contributed by atoms with van der Waals surface area (Å²) in [6.45, 7) is 4.02. The lowest BCUT2D eigenvalue weighted by Gasteiger charge is -2.30. The van der Waals surface area contributed by atoms with E-state index in [2.05, 4.69) is 5.32 Å². The molecule has 3 rings (SSSR count). The number of hydrogen-bond acceptors (Lipinski definition) is 2. The summed E-state index contributed by atoms with van der Waals surface area (Å²) in [5.74, 6) is -0.227. The van der Waals surface area contributed by atoms with Crippen LogP contribution in [0.2, 0.25) is 10.0 Å². The van der Waals surface area contributed by atoms with Gasteiger partial charge in [-0.05, 0) is 55.5 Å². The van der Waals surface area contributed by atoms with Gasteiger partial charge in [-0.2, -0.15) is 0 Å². The normalized spacial score (nSPS) is 15.1. The maximum atomic E-state index is 13.3. The standard InChI is InChI=1S/C24H28Cl2N2O2/c1-16-7-3-4-8-18(16)13-23(29)28(15-19-11-12-20(25)14-22(19)26)17(2)24(30)27-21-9-5-6-10-21/h3-4,7-8,11-12,14,17,21H,5-6,9-10,13,15H2,1-2H3,(H,27,30). The Morgan fingerprint density at radius 2 is 1.80 bits per heavy atom. The third-order valence-electron chi connectivity index (χ3n) is 5.83. The molecule has 0 aliphatic heterocycles. The van der Waals surface area contributed by atoms with E-state index >= 15 is 0 Å². The fraction of sp³-hybridized carbons (Fsp3) is 0.417. The minimum absolute atomic E-state index is 0.107. The first-order chi connectivity index (χ1) is 14.3. The minimum atomic E-state index is -0.603. The molecule has 2 aromatic rings. The van der Waals surface area contributed by atoms with Crippen molar-refractivity contribution in [3.05, 3.63) is 69.2 Å². The van der Waals surface area contributed by atoms with Crippen LogP contribution in [-0.4, -0.2) is 28.8 Å². The van der Waals surface area contributed by atoms with E-state index in [1.165, 1.54) is 0 Å². The zero-order valence-electron chi connectivity index (χ0n) is 17.5. The summed E-state index contributed by atoms with van der Waals surface area (Å²) in [7, 11) is 0. The highest BCUT2D eigenvalue weighted by Crippen LogP contribution is 2.24. The zero-order valence-corrected chi connectivity index (χ0v) is 19.0. The molecule has 4 nitrogen and oxygen atoms in total. The fourth-order valence-electron chi connectivity index (χ4n) is 3.88. The smallest absolute Gasteiger partial charge is 0.242 e. The molecular weight excluding hydrogens is 419 g/mol. The number of aryl methyl sites for hydroxylation is 1. The van der Waals surface area contributed by atoms with Crippen molar-refractivity contribution in [3.63, 3.8) is 0 Å². The van der Waals surface area contributed by atoms with E-state index in [1.54, 1.807) is 30.0 Å². The van der Waals surface area contributed by atoms with Crippen LogP contribution in [0.1, 0.15) is 49.3 Å². The second-order valence-corrected chi connectivity index (χ2v) is 8.87. The Bertz CT molecular complexity index is 910. The van der Waals surface area contributed by atoms with E-state index in [4.69, 9.17) is 23.2 Å². The van der Waals surface area contributed by atoms with E-state index in [1.807, 2.05) is 31.2 Å². The Morgan fingerprint density at radius 1 is 1.10 bits per heavy atom. The molecule has 0 aromatic heterocycles. The van der Waals surface area contributed by atoms with Crippen LogP contribution < -0.4 is 5.32 Å². The number of hydrogen-bond donors (Lipinski definition) is 1. The quantitative estimate of drug-likeness (QED) is 0.625. The molecule has 0 saturated heterocycles. The van der Waals surface area contributed by atoms with Crippen molar-refractivity contribution in [2.24, 2.45) is 0 Å². The average molecular weight is 447 g/mol. The molecule has 1 unspecified atom stereocenters. The fourth-order valence-corrected chi connectivity index (χ4v) is 4.35. The summed E-state index contributed by atoms with van der Waals surface area (Å²) in [5.41, 5.74) is 2.77. The lowest BCUT2D eigenvalue weighted by atomic mass is 10.0. The number of carbonyl (C=O) groups is 2. The molecule has 2 aromatic carbocycles. The number of amides is 2. The van der Waals surface area contributed by atoms with Crippen LogP contribution in [0.4, 0.5) is 0 Å². The van der Waals surface area contributed by atoms with Crippen LogP contribution in [0, 0.1) is 6.92 Å². The molecule has 30 heavy (non-hydrogen) atoms. The number of benzene rings is 2. The Morgan fingerprint density at radius 3 is 2.47 bits per heavy atom. The lowest BCUT2D eigenvalue weighted by Crippen LogP contribution is -2.50. The monoisotopic (exact) mass is 446 g/mol. The Hall–Kier alpha value is -2.04. The van der Waals surface area contributed by atoms with Gasteiger partial charge < -0.3 is 10.2 Å². The second kappa shape index (κ2) is 10.3. The third-order valence-corrected chi connectivity index (χ3v) is 6.41. The van der Waals surface area contributed by atoms with E-state index in [9.17, 15) is 9.59 Å². The minimum Gasteiger partial charge on any atom is -0.352 e. The highest BCUT2D eigenvalue weighted by molar-refractivity contribution is 6.35. The summed E-state index contributed by atoms with van der Waals surface area (Å²) in [4.78, 5) is 27.9. The summed E-state index contributed by atoms with van der Waals surface area (Å²) in [6.07, 6.45) is 4.50. The Kier molecular flexibility index (Phi) is 7.79. The molecule has 2 amide bonds. The molecule has 0 heterocycles.